The summed E-state index contributed by atoms with van der Waals surface area (Å²) in [6, 6.07) is 14.5. The first-order valence-electron chi connectivity index (χ1n) is 6.75. The van der Waals surface area contributed by atoms with Crippen LogP contribution in [0.5, 0.6) is 5.75 Å². The lowest BCUT2D eigenvalue weighted by Gasteiger charge is -2.09. The van der Waals surface area contributed by atoms with Crippen molar-refractivity contribution in [2.75, 3.05) is 7.11 Å². The van der Waals surface area contributed by atoms with Crippen LogP contribution in [0.3, 0.4) is 0 Å². The summed E-state index contributed by atoms with van der Waals surface area (Å²) in [7, 11) is 1.62. The third-order valence-electron chi connectivity index (χ3n) is 3.33. The number of halogens is 1. The second-order valence-electron chi connectivity index (χ2n) is 4.81. The number of H-pyrrole nitrogens is 1. The number of nitrogens with zero attached hydrogens (tertiary/aromatic N) is 2. The van der Waals surface area contributed by atoms with Crippen LogP contribution in [0.1, 0.15) is 17.4 Å². The Kier molecular flexibility index (Phi) is 4.09. The molecule has 0 aliphatic carbocycles. The number of methoxy groups -OCH3 is 1. The Morgan fingerprint density at radius 1 is 1.18 bits per heavy atom. The minimum absolute atomic E-state index is 0.407. The maximum absolute atomic E-state index is 6.25. The molecule has 0 saturated carbocycles. The van der Waals surface area contributed by atoms with Crippen LogP contribution in [0.25, 0.3) is 11.4 Å². The molecule has 0 fully saturated rings. The van der Waals surface area contributed by atoms with Gasteiger partial charge >= 0.3 is 0 Å². The minimum Gasteiger partial charge on any atom is -0.497 e. The molecule has 3 rings (SSSR count). The van der Waals surface area contributed by atoms with E-state index in [-0.39, 0.29) is 0 Å². The second kappa shape index (κ2) is 6.17. The van der Waals surface area contributed by atoms with Crippen molar-refractivity contribution in [3.63, 3.8) is 0 Å². The number of nitrogens with one attached hydrogen (secondary N) is 1. The average molecular weight is 315 g/mol. The smallest absolute Gasteiger partial charge is 0.181 e. The number of hydrogen-bond donors (Lipinski definition) is 2. The Hall–Kier alpha value is -2.37. The Labute approximate surface area is 133 Å². The van der Waals surface area contributed by atoms with Gasteiger partial charge in [-0.2, -0.15) is 5.10 Å². The fraction of sp³-hybridized carbons (Fsp3) is 0.125. The Morgan fingerprint density at radius 2 is 2.00 bits per heavy atom. The van der Waals surface area contributed by atoms with E-state index in [1.807, 2.05) is 42.5 Å². The number of aromatic nitrogens is 3. The molecule has 22 heavy (non-hydrogen) atoms. The van der Waals surface area contributed by atoms with Gasteiger partial charge in [0.15, 0.2) is 5.82 Å². The van der Waals surface area contributed by atoms with Crippen molar-refractivity contribution in [3.05, 3.63) is 64.9 Å². The monoisotopic (exact) mass is 314 g/mol. The highest BCUT2D eigenvalue weighted by Gasteiger charge is 2.15. The second-order valence-corrected chi connectivity index (χ2v) is 5.25. The van der Waals surface area contributed by atoms with Crippen LogP contribution in [0.15, 0.2) is 48.5 Å². The van der Waals surface area contributed by atoms with Gasteiger partial charge < -0.3 is 10.5 Å². The molecule has 1 aromatic heterocycles. The molecule has 0 aliphatic rings. The molecule has 112 valence electrons. The predicted molar refractivity (Wildman–Crippen MR) is 85.9 cm³/mol. The number of aromatic amines is 1. The van der Waals surface area contributed by atoms with E-state index in [2.05, 4.69) is 15.2 Å². The molecule has 3 aromatic rings. The van der Waals surface area contributed by atoms with Gasteiger partial charge in [0.05, 0.1) is 13.2 Å². The van der Waals surface area contributed by atoms with Crippen LogP contribution < -0.4 is 10.5 Å². The molecular weight excluding hydrogens is 300 g/mol. The number of ether oxygens (including phenoxy) is 1. The van der Waals surface area contributed by atoms with Crippen molar-refractivity contribution in [1.82, 2.24) is 15.2 Å². The molecule has 1 atom stereocenters. The standard InChI is InChI=1S/C16H15ClN4O/c1-22-13-7-3-4-10(9-13)14(18)16-19-15(20-21-16)11-5-2-6-12(17)8-11/h2-9,14H,18H2,1H3,(H,19,20,21). The zero-order valence-corrected chi connectivity index (χ0v) is 12.7. The maximum Gasteiger partial charge on any atom is 0.181 e. The van der Waals surface area contributed by atoms with Gasteiger partial charge in [-0.25, -0.2) is 4.98 Å². The highest BCUT2D eigenvalue weighted by Crippen LogP contribution is 2.24. The van der Waals surface area contributed by atoms with E-state index in [9.17, 15) is 0 Å². The summed E-state index contributed by atoms with van der Waals surface area (Å²) >= 11 is 5.99. The van der Waals surface area contributed by atoms with E-state index in [4.69, 9.17) is 22.1 Å². The maximum atomic E-state index is 6.25. The minimum atomic E-state index is -0.407. The highest BCUT2D eigenvalue weighted by atomic mass is 35.5. The lowest BCUT2D eigenvalue weighted by Crippen LogP contribution is -2.13. The first-order chi connectivity index (χ1) is 10.7. The summed E-state index contributed by atoms with van der Waals surface area (Å²) in [4.78, 5) is 4.46. The number of nitrogens with two attached hydrogens (primary N) is 1. The Morgan fingerprint density at radius 3 is 2.77 bits per heavy atom. The van der Waals surface area contributed by atoms with Gasteiger partial charge in [0, 0.05) is 10.6 Å². The summed E-state index contributed by atoms with van der Waals surface area (Å²) in [6.07, 6.45) is 0. The Bertz CT molecular complexity index is 787. The lowest BCUT2D eigenvalue weighted by atomic mass is 10.1. The highest BCUT2D eigenvalue weighted by molar-refractivity contribution is 6.30. The van der Waals surface area contributed by atoms with Gasteiger partial charge in [0.25, 0.3) is 0 Å². The summed E-state index contributed by atoms with van der Waals surface area (Å²) in [5.41, 5.74) is 7.98. The topological polar surface area (TPSA) is 76.8 Å². The van der Waals surface area contributed by atoms with Crippen LogP contribution in [0.2, 0.25) is 5.02 Å². The summed E-state index contributed by atoms with van der Waals surface area (Å²) in [5.74, 6) is 1.90. The van der Waals surface area contributed by atoms with Crippen molar-refractivity contribution < 1.29 is 4.74 Å². The third-order valence-corrected chi connectivity index (χ3v) is 3.57. The van der Waals surface area contributed by atoms with E-state index >= 15 is 0 Å². The SMILES string of the molecule is COc1cccc(C(N)c2nc(-c3cccc(Cl)c3)n[nH]2)c1. The Balaban J connectivity index is 1.89. The lowest BCUT2D eigenvalue weighted by molar-refractivity contribution is 0.414. The van der Waals surface area contributed by atoms with E-state index in [0.29, 0.717) is 16.7 Å². The van der Waals surface area contributed by atoms with Crippen LogP contribution in [0, 0.1) is 0 Å². The summed E-state index contributed by atoms with van der Waals surface area (Å²) in [5, 5.41) is 7.74. The van der Waals surface area contributed by atoms with Crippen molar-refractivity contribution in [3.8, 4) is 17.1 Å². The summed E-state index contributed by atoms with van der Waals surface area (Å²) in [6.45, 7) is 0. The van der Waals surface area contributed by atoms with Gasteiger partial charge in [-0.3, -0.25) is 5.10 Å². The molecule has 0 spiro atoms. The van der Waals surface area contributed by atoms with Crippen LogP contribution >= 0.6 is 11.6 Å². The predicted octanol–water partition coefficient (Wildman–Crippen LogP) is 3.18. The van der Waals surface area contributed by atoms with E-state index in [1.54, 1.807) is 13.2 Å². The number of rotatable bonds is 4. The third kappa shape index (κ3) is 2.95. The molecule has 0 radical (unpaired) electrons. The van der Waals surface area contributed by atoms with Crippen LogP contribution in [-0.4, -0.2) is 22.3 Å². The molecule has 0 bridgehead atoms. The van der Waals surface area contributed by atoms with Crippen molar-refractivity contribution in [2.24, 2.45) is 5.73 Å². The molecule has 0 aliphatic heterocycles. The molecule has 3 N–H and O–H groups in total. The average Bonchev–Trinajstić information content (AvgIpc) is 3.04. The van der Waals surface area contributed by atoms with Gasteiger partial charge in [0.2, 0.25) is 0 Å². The van der Waals surface area contributed by atoms with Gasteiger partial charge in [-0.1, -0.05) is 35.9 Å². The van der Waals surface area contributed by atoms with Crippen molar-refractivity contribution >= 4 is 11.6 Å². The van der Waals surface area contributed by atoms with Crippen molar-refractivity contribution in [1.29, 1.82) is 0 Å². The van der Waals surface area contributed by atoms with E-state index in [1.165, 1.54) is 0 Å². The molecule has 0 saturated heterocycles. The molecular formula is C16H15ClN4O. The zero-order valence-electron chi connectivity index (χ0n) is 12.0. The van der Waals surface area contributed by atoms with Gasteiger partial charge in [0.1, 0.15) is 11.6 Å². The van der Waals surface area contributed by atoms with Gasteiger partial charge in [-0.15, -0.1) is 0 Å². The fourth-order valence-electron chi connectivity index (χ4n) is 2.16. The largest absolute Gasteiger partial charge is 0.497 e. The molecule has 6 heteroatoms. The fourth-order valence-corrected chi connectivity index (χ4v) is 2.35. The first-order valence-corrected chi connectivity index (χ1v) is 7.13. The molecule has 5 nitrogen and oxygen atoms in total. The van der Waals surface area contributed by atoms with Gasteiger partial charge in [-0.05, 0) is 29.8 Å². The molecule has 1 heterocycles. The number of benzene rings is 2. The number of hydrogen-bond acceptors (Lipinski definition) is 4. The first kappa shape index (κ1) is 14.6. The van der Waals surface area contributed by atoms with Crippen molar-refractivity contribution in [2.45, 2.75) is 6.04 Å². The van der Waals surface area contributed by atoms with E-state index in [0.717, 1.165) is 16.9 Å². The molecule has 0 amide bonds. The van der Waals surface area contributed by atoms with Crippen LogP contribution in [0.4, 0.5) is 0 Å². The van der Waals surface area contributed by atoms with Crippen LogP contribution in [-0.2, 0) is 0 Å². The molecule has 1 unspecified atom stereocenters. The zero-order chi connectivity index (χ0) is 15.5. The van der Waals surface area contributed by atoms with E-state index < -0.39 is 6.04 Å². The molecule has 2 aromatic carbocycles. The normalized spacial score (nSPS) is 12.1. The quantitative estimate of drug-likeness (QED) is 0.775. The summed E-state index contributed by atoms with van der Waals surface area (Å²) < 4.78 is 5.21.